The minimum absolute atomic E-state index is 0.256. The second-order valence-electron chi connectivity index (χ2n) is 5.27. The molecular weight excluding hydrogens is 308 g/mol. The van der Waals surface area contributed by atoms with Gasteiger partial charge in [0.05, 0.1) is 12.6 Å². The Hall–Kier alpha value is -3.28. The predicted octanol–water partition coefficient (Wildman–Crippen LogP) is 3.17. The van der Waals surface area contributed by atoms with Crippen LogP contribution in [0.2, 0.25) is 0 Å². The van der Waals surface area contributed by atoms with Crippen molar-refractivity contribution in [3.8, 4) is 5.75 Å². The normalized spacial score (nSPS) is 11.5. The van der Waals surface area contributed by atoms with Crippen molar-refractivity contribution in [1.82, 2.24) is 4.98 Å². The minimum atomic E-state index is -0.524. The molecule has 0 aliphatic heterocycles. The molecule has 0 aliphatic rings. The van der Waals surface area contributed by atoms with E-state index in [1.165, 1.54) is 6.08 Å². The molecule has 0 unspecified atom stereocenters. The van der Waals surface area contributed by atoms with E-state index in [9.17, 15) is 9.59 Å². The van der Waals surface area contributed by atoms with Crippen LogP contribution in [-0.2, 0) is 4.79 Å². The smallest absolute Gasteiger partial charge is 0.417 e. The van der Waals surface area contributed by atoms with Crippen molar-refractivity contribution in [3.63, 3.8) is 0 Å². The summed E-state index contributed by atoms with van der Waals surface area (Å²) >= 11 is 0. The average Bonchev–Trinajstić information content (AvgIpc) is 2.94. The summed E-state index contributed by atoms with van der Waals surface area (Å²) in [6.45, 7) is 1.86. The number of hydrogen-bond donors (Lipinski definition) is 2. The number of H-pyrrole nitrogens is 1. The Balaban J connectivity index is 1.75. The quantitative estimate of drug-likeness (QED) is 0.722. The van der Waals surface area contributed by atoms with Gasteiger partial charge in [-0.25, -0.2) is 4.79 Å². The number of methoxy groups -OCH3 is 1. The molecule has 6 heteroatoms. The molecule has 3 rings (SSSR count). The van der Waals surface area contributed by atoms with Crippen molar-refractivity contribution in [2.75, 3.05) is 12.4 Å². The van der Waals surface area contributed by atoms with Crippen molar-refractivity contribution < 1.29 is 13.9 Å². The molecule has 0 spiro atoms. The van der Waals surface area contributed by atoms with Crippen molar-refractivity contribution in [1.29, 1.82) is 0 Å². The van der Waals surface area contributed by atoms with E-state index in [2.05, 4.69) is 10.3 Å². The number of fused-ring (bicyclic) bond motifs is 1. The van der Waals surface area contributed by atoms with E-state index in [-0.39, 0.29) is 5.91 Å². The Morgan fingerprint density at radius 2 is 1.96 bits per heavy atom. The molecule has 0 saturated carbocycles. The minimum Gasteiger partial charge on any atom is -0.497 e. The molecular formula is C18H16N2O4. The maximum atomic E-state index is 12.2. The lowest BCUT2D eigenvalue weighted by atomic mass is 10.1. The van der Waals surface area contributed by atoms with Crippen molar-refractivity contribution in [3.05, 3.63) is 64.7 Å². The highest BCUT2D eigenvalue weighted by atomic mass is 16.5. The Kier molecular flexibility index (Phi) is 4.20. The van der Waals surface area contributed by atoms with Gasteiger partial charge in [0.1, 0.15) is 5.75 Å². The largest absolute Gasteiger partial charge is 0.497 e. The highest BCUT2D eigenvalue weighted by molar-refractivity contribution is 6.04. The molecule has 0 aliphatic carbocycles. The van der Waals surface area contributed by atoms with E-state index in [1.807, 2.05) is 31.2 Å². The number of nitrogens with one attached hydrogen (secondary N) is 2. The number of carbonyl (C=O) groups is 1. The molecule has 0 atom stereocenters. The van der Waals surface area contributed by atoms with Crippen molar-refractivity contribution >= 4 is 28.3 Å². The number of ether oxygens (including phenoxy) is 1. The molecule has 1 heterocycles. The number of oxazole rings is 1. The van der Waals surface area contributed by atoms with Crippen LogP contribution >= 0.6 is 0 Å². The van der Waals surface area contributed by atoms with Gasteiger partial charge in [-0.2, -0.15) is 0 Å². The number of allylic oxidation sites excluding steroid dienone is 1. The Morgan fingerprint density at radius 1 is 1.21 bits per heavy atom. The van der Waals surface area contributed by atoms with Crippen LogP contribution in [-0.4, -0.2) is 18.0 Å². The zero-order valence-corrected chi connectivity index (χ0v) is 13.3. The summed E-state index contributed by atoms with van der Waals surface area (Å²) < 4.78 is 10.0. The third-order valence-electron chi connectivity index (χ3n) is 3.58. The van der Waals surface area contributed by atoms with Crippen LogP contribution in [0.15, 0.2) is 57.8 Å². The molecule has 3 aromatic rings. The molecule has 24 heavy (non-hydrogen) atoms. The SMILES string of the molecule is COc1ccc(/C(C)=C/C(=O)Nc2ccc3oc(=O)[nH]c3c2)cc1. The fraction of sp³-hybridized carbons (Fsp3) is 0.111. The Labute approximate surface area is 137 Å². The maximum Gasteiger partial charge on any atom is 0.417 e. The van der Waals surface area contributed by atoms with Crippen LogP contribution in [0.5, 0.6) is 5.75 Å². The first-order chi connectivity index (χ1) is 11.5. The van der Waals surface area contributed by atoms with Gasteiger partial charge in [0.15, 0.2) is 5.58 Å². The molecule has 0 fully saturated rings. The predicted molar refractivity (Wildman–Crippen MR) is 92.1 cm³/mol. The van der Waals surface area contributed by atoms with Gasteiger partial charge in [-0.15, -0.1) is 0 Å². The van der Waals surface area contributed by atoms with Gasteiger partial charge in [0.25, 0.3) is 0 Å². The van der Waals surface area contributed by atoms with E-state index < -0.39 is 5.76 Å². The summed E-state index contributed by atoms with van der Waals surface area (Å²) in [6, 6.07) is 12.4. The number of anilines is 1. The lowest BCUT2D eigenvalue weighted by molar-refractivity contribution is -0.111. The first-order valence-electron chi connectivity index (χ1n) is 7.32. The van der Waals surface area contributed by atoms with Crippen molar-refractivity contribution in [2.24, 2.45) is 0 Å². The van der Waals surface area contributed by atoms with Crippen LogP contribution < -0.4 is 15.8 Å². The lowest BCUT2D eigenvalue weighted by Gasteiger charge is -2.05. The standard InChI is InChI=1S/C18H16N2O4/c1-11(12-3-6-14(23-2)7-4-12)9-17(21)19-13-5-8-16-15(10-13)20-18(22)24-16/h3-10H,1-2H3,(H,19,21)(H,20,22)/b11-9+. The summed E-state index contributed by atoms with van der Waals surface area (Å²) in [4.78, 5) is 25.8. The van der Waals surface area contributed by atoms with Gasteiger partial charge < -0.3 is 14.5 Å². The molecule has 2 N–H and O–H groups in total. The third kappa shape index (κ3) is 3.38. The first kappa shape index (κ1) is 15.6. The molecule has 0 radical (unpaired) electrons. The van der Waals surface area contributed by atoms with E-state index >= 15 is 0 Å². The van der Waals surface area contributed by atoms with Gasteiger partial charge in [0.2, 0.25) is 5.91 Å². The second-order valence-corrected chi connectivity index (χ2v) is 5.27. The van der Waals surface area contributed by atoms with E-state index in [4.69, 9.17) is 9.15 Å². The van der Waals surface area contributed by atoms with Crippen molar-refractivity contribution in [2.45, 2.75) is 6.92 Å². The molecule has 2 aromatic carbocycles. The monoisotopic (exact) mass is 324 g/mol. The van der Waals surface area contributed by atoms with Gasteiger partial charge >= 0.3 is 5.76 Å². The topological polar surface area (TPSA) is 84.3 Å². The zero-order chi connectivity index (χ0) is 17.1. The third-order valence-corrected chi connectivity index (χ3v) is 3.58. The van der Waals surface area contributed by atoms with Crippen LogP contribution in [0.4, 0.5) is 5.69 Å². The van der Waals surface area contributed by atoms with Gasteiger partial charge in [-0.3, -0.25) is 9.78 Å². The maximum absolute atomic E-state index is 12.2. The molecule has 122 valence electrons. The van der Waals surface area contributed by atoms with Gasteiger partial charge in [-0.05, 0) is 48.4 Å². The van der Waals surface area contributed by atoms with Crippen LogP contribution in [0, 0.1) is 0 Å². The fourth-order valence-corrected chi connectivity index (χ4v) is 2.34. The average molecular weight is 324 g/mol. The highest BCUT2D eigenvalue weighted by Gasteiger charge is 2.05. The zero-order valence-electron chi connectivity index (χ0n) is 13.3. The summed E-state index contributed by atoms with van der Waals surface area (Å²) in [5.41, 5.74) is 3.31. The first-order valence-corrected chi connectivity index (χ1v) is 7.32. The number of rotatable bonds is 4. The molecule has 1 aromatic heterocycles. The number of hydrogen-bond acceptors (Lipinski definition) is 4. The Bertz CT molecular complexity index is 965. The van der Waals surface area contributed by atoms with Crippen LogP contribution in [0.3, 0.4) is 0 Å². The van der Waals surface area contributed by atoms with Gasteiger partial charge in [0, 0.05) is 11.8 Å². The fourth-order valence-electron chi connectivity index (χ4n) is 2.34. The summed E-state index contributed by atoms with van der Waals surface area (Å²) in [6.07, 6.45) is 1.52. The number of amides is 1. The van der Waals surface area contributed by atoms with Gasteiger partial charge in [-0.1, -0.05) is 12.1 Å². The van der Waals surface area contributed by atoms with E-state index in [1.54, 1.807) is 25.3 Å². The molecule has 0 saturated heterocycles. The second kappa shape index (κ2) is 6.45. The number of benzene rings is 2. The van der Waals surface area contributed by atoms with E-state index in [0.717, 1.165) is 16.9 Å². The van der Waals surface area contributed by atoms with Crippen LogP contribution in [0.25, 0.3) is 16.7 Å². The summed E-state index contributed by atoms with van der Waals surface area (Å²) in [7, 11) is 1.61. The number of aromatic nitrogens is 1. The molecule has 6 nitrogen and oxygen atoms in total. The molecule has 1 amide bonds. The number of carbonyl (C=O) groups excluding carboxylic acids is 1. The lowest BCUT2D eigenvalue weighted by Crippen LogP contribution is -2.08. The van der Waals surface area contributed by atoms with Crippen LogP contribution in [0.1, 0.15) is 12.5 Å². The Morgan fingerprint density at radius 3 is 2.67 bits per heavy atom. The van der Waals surface area contributed by atoms with E-state index in [0.29, 0.717) is 16.8 Å². The summed E-state index contributed by atoms with van der Waals surface area (Å²) in [5, 5.41) is 2.76. The number of aromatic amines is 1. The molecule has 0 bridgehead atoms. The highest BCUT2D eigenvalue weighted by Crippen LogP contribution is 2.19. The summed E-state index contributed by atoms with van der Waals surface area (Å²) in [5.74, 6) is -0.0179.